The van der Waals surface area contributed by atoms with Crippen molar-refractivity contribution in [1.82, 2.24) is 5.32 Å². The Balaban J connectivity index is 2.04. The molecule has 2 unspecified atom stereocenters. The van der Waals surface area contributed by atoms with Gasteiger partial charge in [-0.15, -0.1) is 0 Å². The molecule has 0 aliphatic rings. The van der Waals surface area contributed by atoms with Crippen LogP contribution in [0.25, 0.3) is 0 Å². The molecule has 0 aliphatic carbocycles. The predicted octanol–water partition coefficient (Wildman–Crippen LogP) is 2.68. The van der Waals surface area contributed by atoms with Gasteiger partial charge in [-0.25, -0.2) is 0 Å². The van der Waals surface area contributed by atoms with E-state index in [1.165, 1.54) is 6.92 Å². The Morgan fingerprint density at radius 2 is 1.80 bits per heavy atom. The molecule has 5 nitrogen and oxygen atoms in total. The molecule has 2 amide bonds. The maximum Gasteiger partial charge on any atom is 0.251 e. The molecule has 0 spiro atoms. The van der Waals surface area contributed by atoms with Crippen molar-refractivity contribution in [1.29, 1.82) is 0 Å². The van der Waals surface area contributed by atoms with Crippen LogP contribution >= 0.6 is 0 Å². The van der Waals surface area contributed by atoms with Crippen molar-refractivity contribution in [2.45, 2.75) is 39.3 Å². The average Bonchev–Trinajstić information content (AvgIpc) is 2.56. The number of aliphatic hydroxyl groups is 1. The van der Waals surface area contributed by atoms with E-state index in [9.17, 15) is 14.7 Å². The lowest BCUT2D eigenvalue weighted by Gasteiger charge is -2.21. The molecule has 2 aromatic carbocycles. The van der Waals surface area contributed by atoms with E-state index in [1.807, 2.05) is 37.3 Å². The van der Waals surface area contributed by atoms with Crippen molar-refractivity contribution >= 4 is 17.5 Å². The van der Waals surface area contributed by atoms with E-state index in [0.29, 0.717) is 17.7 Å². The van der Waals surface area contributed by atoms with Gasteiger partial charge in [0.15, 0.2) is 0 Å². The van der Waals surface area contributed by atoms with E-state index >= 15 is 0 Å². The van der Waals surface area contributed by atoms with Gasteiger partial charge >= 0.3 is 0 Å². The highest BCUT2D eigenvalue weighted by atomic mass is 16.3. The number of amides is 2. The molecule has 2 atom stereocenters. The van der Waals surface area contributed by atoms with Crippen LogP contribution < -0.4 is 10.6 Å². The number of hydrogen-bond donors (Lipinski definition) is 3. The van der Waals surface area contributed by atoms with Gasteiger partial charge in [-0.3, -0.25) is 9.59 Å². The van der Waals surface area contributed by atoms with Crippen LogP contribution in [0.5, 0.6) is 0 Å². The maximum atomic E-state index is 12.5. The lowest BCUT2D eigenvalue weighted by Crippen LogP contribution is -2.42. The summed E-state index contributed by atoms with van der Waals surface area (Å²) < 4.78 is 0. The van der Waals surface area contributed by atoms with E-state index in [0.717, 1.165) is 11.1 Å². The first-order valence-electron chi connectivity index (χ1n) is 8.28. The first-order chi connectivity index (χ1) is 11.9. The van der Waals surface area contributed by atoms with Crippen LogP contribution in [-0.2, 0) is 11.2 Å². The molecule has 0 aromatic heterocycles. The number of carbonyl (C=O) groups excluding carboxylic acids is 2. The van der Waals surface area contributed by atoms with Gasteiger partial charge in [0.1, 0.15) is 0 Å². The smallest absolute Gasteiger partial charge is 0.251 e. The van der Waals surface area contributed by atoms with Crippen LogP contribution in [0.15, 0.2) is 48.5 Å². The summed E-state index contributed by atoms with van der Waals surface area (Å²) >= 11 is 0. The predicted molar refractivity (Wildman–Crippen MR) is 98.6 cm³/mol. The Bertz CT molecular complexity index is 744. The Morgan fingerprint density at radius 3 is 2.44 bits per heavy atom. The number of nitrogens with one attached hydrogen (secondary N) is 2. The molecule has 0 saturated carbocycles. The number of benzene rings is 2. The van der Waals surface area contributed by atoms with Gasteiger partial charge in [0.25, 0.3) is 5.91 Å². The fourth-order valence-electron chi connectivity index (χ4n) is 2.56. The zero-order valence-electron chi connectivity index (χ0n) is 14.7. The monoisotopic (exact) mass is 340 g/mol. The lowest BCUT2D eigenvalue weighted by molar-refractivity contribution is -0.114. The quantitative estimate of drug-likeness (QED) is 0.756. The van der Waals surface area contributed by atoms with Gasteiger partial charge in [-0.2, -0.15) is 0 Å². The fraction of sp³-hybridized carbons (Fsp3) is 0.300. The van der Waals surface area contributed by atoms with E-state index in [4.69, 9.17) is 0 Å². The fourth-order valence-corrected chi connectivity index (χ4v) is 2.56. The SMILES string of the molecule is CC(=O)Nc1ccc(C)c(C(=O)NC(C)C(O)Cc2ccccc2)c1. The lowest BCUT2D eigenvalue weighted by atomic mass is 10.0. The Labute approximate surface area is 148 Å². The van der Waals surface area contributed by atoms with Crippen molar-refractivity contribution in [3.05, 3.63) is 65.2 Å². The van der Waals surface area contributed by atoms with E-state index in [1.54, 1.807) is 25.1 Å². The summed E-state index contributed by atoms with van der Waals surface area (Å²) in [6, 6.07) is 14.4. The molecule has 0 radical (unpaired) electrons. The molecular formula is C20H24N2O3. The number of aliphatic hydroxyl groups excluding tert-OH is 1. The maximum absolute atomic E-state index is 12.5. The van der Waals surface area contributed by atoms with Crippen molar-refractivity contribution < 1.29 is 14.7 Å². The molecule has 3 N–H and O–H groups in total. The number of carbonyl (C=O) groups is 2. The molecule has 0 bridgehead atoms. The van der Waals surface area contributed by atoms with Crippen molar-refractivity contribution in [2.75, 3.05) is 5.32 Å². The highest BCUT2D eigenvalue weighted by molar-refractivity contribution is 5.98. The molecule has 0 saturated heterocycles. The normalized spacial score (nSPS) is 13.0. The van der Waals surface area contributed by atoms with E-state index in [-0.39, 0.29) is 11.8 Å². The topological polar surface area (TPSA) is 78.4 Å². The van der Waals surface area contributed by atoms with Crippen LogP contribution in [0.3, 0.4) is 0 Å². The Kier molecular flexibility index (Phi) is 6.31. The number of rotatable bonds is 6. The summed E-state index contributed by atoms with van der Waals surface area (Å²) in [6.07, 6.45) is -0.224. The molecule has 5 heteroatoms. The summed E-state index contributed by atoms with van der Waals surface area (Å²) in [5, 5.41) is 15.8. The van der Waals surface area contributed by atoms with Gasteiger partial charge in [0.05, 0.1) is 12.1 Å². The molecular weight excluding hydrogens is 316 g/mol. The number of aryl methyl sites for hydroxylation is 1. The largest absolute Gasteiger partial charge is 0.391 e. The molecule has 0 aliphatic heterocycles. The summed E-state index contributed by atoms with van der Waals surface area (Å²) in [5.74, 6) is -0.467. The number of anilines is 1. The van der Waals surface area contributed by atoms with Gasteiger partial charge < -0.3 is 15.7 Å². The second kappa shape index (κ2) is 8.44. The van der Waals surface area contributed by atoms with Gasteiger partial charge in [0.2, 0.25) is 5.91 Å². The minimum Gasteiger partial charge on any atom is -0.391 e. The third-order valence-corrected chi connectivity index (χ3v) is 4.03. The number of hydrogen-bond acceptors (Lipinski definition) is 3. The highest BCUT2D eigenvalue weighted by Gasteiger charge is 2.19. The van der Waals surface area contributed by atoms with Crippen molar-refractivity contribution in [2.24, 2.45) is 0 Å². The minimum absolute atomic E-state index is 0.193. The first-order valence-corrected chi connectivity index (χ1v) is 8.28. The second-order valence-corrected chi connectivity index (χ2v) is 6.23. The van der Waals surface area contributed by atoms with E-state index in [2.05, 4.69) is 10.6 Å². The van der Waals surface area contributed by atoms with Crippen LogP contribution in [0.2, 0.25) is 0 Å². The van der Waals surface area contributed by atoms with Crippen LogP contribution in [0.1, 0.15) is 35.3 Å². The molecule has 2 rings (SSSR count). The van der Waals surface area contributed by atoms with Crippen LogP contribution in [0, 0.1) is 6.92 Å². The third kappa shape index (κ3) is 5.43. The molecule has 25 heavy (non-hydrogen) atoms. The zero-order chi connectivity index (χ0) is 18.4. The molecule has 0 fully saturated rings. The average molecular weight is 340 g/mol. The summed E-state index contributed by atoms with van der Waals surface area (Å²) in [5.41, 5.74) is 2.86. The second-order valence-electron chi connectivity index (χ2n) is 6.23. The van der Waals surface area contributed by atoms with E-state index < -0.39 is 12.1 Å². The Hall–Kier alpha value is -2.66. The molecule has 132 valence electrons. The minimum atomic E-state index is -0.690. The zero-order valence-corrected chi connectivity index (χ0v) is 14.7. The molecule has 2 aromatic rings. The highest BCUT2D eigenvalue weighted by Crippen LogP contribution is 2.16. The first kappa shape index (κ1) is 18.7. The van der Waals surface area contributed by atoms with Gasteiger partial charge in [-0.05, 0) is 37.1 Å². The van der Waals surface area contributed by atoms with Gasteiger partial charge in [0, 0.05) is 24.6 Å². The van der Waals surface area contributed by atoms with Crippen LogP contribution in [-0.4, -0.2) is 29.1 Å². The molecule has 0 heterocycles. The van der Waals surface area contributed by atoms with Gasteiger partial charge in [-0.1, -0.05) is 36.4 Å². The summed E-state index contributed by atoms with van der Waals surface area (Å²) in [7, 11) is 0. The van der Waals surface area contributed by atoms with Crippen molar-refractivity contribution in [3.8, 4) is 0 Å². The third-order valence-electron chi connectivity index (χ3n) is 4.03. The Morgan fingerprint density at radius 1 is 1.12 bits per heavy atom. The summed E-state index contributed by atoms with van der Waals surface area (Å²) in [4.78, 5) is 23.7. The van der Waals surface area contributed by atoms with Crippen molar-refractivity contribution in [3.63, 3.8) is 0 Å². The standard InChI is InChI=1S/C20H24N2O3/c1-13-9-10-17(22-15(3)23)12-18(13)20(25)21-14(2)19(24)11-16-7-5-4-6-8-16/h4-10,12,14,19,24H,11H2,1-3H3,(H,21,25)(H,22,23). The van der Waals surface area contributed by atoms with Crippen LogP contribution in [0.4, 0.5) is 5.69 Å². The summed E-state index contributed by atoms with van der Waals surface area (Å²) in [6.45, 7) is 5.03.